The van der Waals surface area contributed by atoms with Crippen LogP contribution in [0.3, 0.4) is 0 Å². The summed E-state index contributed by atoms with van der Waals surface area (Å²) in [5.41, 5.74) is 0. The Labute approximate surface area is 110 Å². The lowest BCUT2D eigenvalue weighted by molar-refractivity contribution is -0.136. The molecule has 0 saturated carbocycles. The van der Waals surface area contributed by atoms with Gasteiger partial charge in [-0.25, -0.2) is 0 Å². The average molecular weight is 298 g/mol. The van der Waals surface area contributed by atoms with Gasteiger partial charge < -0.3 is 9.64 Å². The number of halogens is 1. The Kier molecular flexibility index (Phi) is 4.05. The molecule has 4 heteroatoms. The molecule has 1 saturated heterocycles. The van der Waals surface area contributed by atoms with Gasteiger partial charge in [0.2, 0.25) is 0 Å². The maximum atomic E-state index is 12.0. The van der Waals surface area contributed by atoms with Crippen LogP contribution in [-0.4, -0.2) is 30.0 Å². The van der Waals surface area contributed by atoms with Crippen LogP contribution in [0.4, 0.5) is 0 Å². The third-order valence-corrected chi connectivity index (χ3v) is 3.42. The number of ether oxygens (including phenoxy) is 1. The van der Waals surface area contributed by atoms with Gasteiger partial charge in [0.05, 0.1) is 0 Å². The molecule has 1 unspecified atom stereocenters. The van der Waals surface area contributed by atoms with Gasteiger partial charge in [0.15, 0.2) is 6.10 Å². The number of hydrogen-bond acceptors (Lipinski definition) is 2. The molecule has 0 aromatic heterocycles. The summed E-state index contributed by atoms with van der Waals surface area (Å²) in [6.45, 7) is 3.54. The molecule has 1 fully saturated rings. The maximum absolute atomic E-state index is 12.0. The van der Waals surface area contributed by atoms with Crippen molar-refractivity contribution >= 4 is 21.8 Å². The number of hydrogen-bond donors (Lipinski definition) is 0. The fourth-order valence-electron chi connectivity index (χ4n) is 1.96. The molecule has 1 aliphatic rings. The zero-order valence-electron chi connectivity index (χ0n) is 9.86. The lowest BCUT2D eigenvalue weighted by Gasteiger charge is -2.21. The molecule has 1 atom stereocenters. The van der Waals surface area contributed by atoms with Crippen molar-refractivity contribution < 1.29 is 9.53 Å². The van der Waals surface area contributed by atoms with Crippen molar-refractivity contribution in [3.05, 3.63) is 28.7 Å². The van der Waals surface area contributed by atoms with Gasteiger partial charge in [-0.2, -0.15) is 0 Å². The highest BCUT2D eigenvalue weighted by Gasteiger charge is 2.24. The molecule has 92 valence electrons. The van der Waals surface area contributed by atoms with E-state index in [4.69, 9.17) is 4.74 Å². The summed E-state index contributed by atoms with van der Waals surface area (Å²) in [7, 11) is 0. The maximum Gasteiger partial charge on any atom is 0.263 e. The fourth-order valence-corrected chi connectivity index (χ4v) is 2.23. The van der Waals surface area contributed by atoms with Gasteiger partial charge in [-0.05, 0) is 44.0 Å². The summed E-state index contributed by atoms with van der Waals surface area (Å²) >= 11 is 3.36. The molecule has 2 rings (SSSR count). The third kappa shape index (κ3) is 3.22. The summed E-state index contributed by atoms with van der Waals surface area (Å²) in [6, 6.07) is 7.53. The second-order valence-corrected chi connectivity index (χ2v) is 5.16. The average Bonchev–Trinajstić information content (AvgIpc) is 2.84. The lowest BCUT2D eigenvalue weighted by Crippen LogP contribution is -2.38. The highest BCUT2D eigenvalue weighted by atomic mass is 79.9. The summed E-state index contributed by atoms with van der Waals surface area (Å²) in [4.78, 5) is 13.9. The number of carbonyl (C=O) groups excluding carboxylic acids is 1. The van der Waals surface area contributed by atoms with E-state index in [-0.39, 0.29) is 5.91 Å². The molecular weight excluding hydrogens is 282 g/mol. The van der Waals surface area contributed by atoms with E-state index in [2.05, 4.69) is 15.9 Å². The monoisotopic (exact) mass is 297 g/mol. The minimum Gasteiger partial charge on any atom is -0.481 e. The van der Waals surface area contributed by atoms with Crippen LogP contribution in [0, 0.1) is 0 Å². The van der Waals surface area contributed by atoms with Crippen molar-refractivity contribution in [1.29, 1.82) is 0 Å². The first-order valence-corrected chi connectivity index (χ1v) is 6.67. The van der Waals surface area contributed by atoms with Crippen LogP contribution >= 0.6 is 15.9 Å². The second-order valence-electron chi connectivity index (χ2n) is 4.25. The molecule has 0 radical (unpaired) electrons. The van der Waals surface area contributed by atoms with Crippen molar-refractivity contribution in [3.63, 3.8) is 0 Å². The van der Waals surface area contributed by atoms with Gasteiger partial charge in [-0.15, -0.1) is 0 Å². The third-order valence-electron chi connectivity index (χ3n) is 2.89. The van der Waals surface area contributed by atoms with Crippen molar-refractivity contribution in [2.24, 2.45) is 0 Å². The van der Waals surface area contributed by atoms with Crippen LogP contribution in [0.1, 0.15) is 19.8 Å². The van der Waals surface area contributed by atoms with E-state index in [1.165, 1.54) is 0 Å². The van der Waals surface area contributed by atoms with Crippen LogP contribution < -0.4 is 4.74 Å². The molecule has 0 spiro atoms. The van der Waals surface area contributed by atoms with Crippen molar-refractivity contribution in [1.82, 2.24) is 4.90 Å². The smallest absolute Gasteiger partial charge is 0.263 e. The first-order chi connectivity index (χ1) is 8.16. The van der Waals surface area contributed by atoms with E-state index in [9.17, 15) is 4.79 Å². The molecule has 1 heterocycles. The van der Waals surface area contributed by atoms with Crippen molar-refractivity contribution in [3.8, 4) is 5.75 Å². The molecule has 0 aliphatic carbocycles. The Hall–Kier alpha value is -1.03. The zero-order chi connectivity index (χ0) is 12.3. The topological polar surface area (TPSA) is 29.5 Å². The molecule has 0 N–H and O–H groups in total. The summed E-state index contributed by atoms with van der Waals surface area (Å²) < 4.78 is 6.63. The molecule has 1 amide bonds. The highest BCUT2D eigenvalue weighted by molar-refractivity contribution is 9.10. The predicted octanol–water partition coefficient (Wildman–Crippen LogP) is 2.84. The van der Waals surface area contributed by atoms with E-state index >= 15 is 0 Å². The van der Waals surface area contributed by atoms with E-state index in [1.807, 2.05) is 36.1 Å². The minimum atomic E-state index is -0.408. The van der Waals surface area contributed by atoms with Crippen molar-refractivity contribution in [2.75, 3.05) is 13.1 Å². The van der Waals surface area contributed by atoms with Gasteiger partial charge in [-0.3, -0.25) is 4.79 Å². The second kappa shape index (κ2) is 5.54. The first-order valence-electron chi connectivity index (χ1n) is 5.88. The van der Waals surface area contributed by atoms with Crippen LogP contribution in [0.25, 0.3) is 0 Å². The summed E-state index contributed by atoms with van der Waals surface area (Å²) in [5, 5.41) is 0. The van der Waals surface area contributed by atoms with Crippen molar-refractivity contribution in [2.45, 2.75) is 25.9 Å². The fraction of sp³-hybridized carbons (Fsp3) is 0.462. The van der Waals surface area contributed by atoms with Gasteiger partial charge in [-0.1, -0.05) is 15.9 Å². The molecule has 1 aromatic rings. The molecule has 0 bridgehead atoms. The summed E-state index contributed by atoms with van der Waals surface area (Å²) in [5.74, 6) is 0.818. The number of benzene rings is 1. The van der Waals surface area contributed by atoms with E-state index in [1.54, 1.807) is 0 Å². The highest BCUT2D eigenvalue weighted by Crippen LogP contribution is 2.18. The van der Waals surface area contributed by atoms with Crippen LogP contribution in [0.2, 0.25) is 0 Å². The number of carbonyl (C=O) groups is 1. The van der Waals surface area contributed by atoms with Crippen LogP contribution in [0.5, 0.6) is 5.75 Å². The Morgan fingerprint density at radius 3 is 2.47 bits per heavy atom. The standard InChI is InChI=1S/C13H16BrNO2/c1-10(13(16)15-8-2-3-9-15)17-12-6-4-11(14)5-7-12/h4-7,10H,2-3,8-9H2,1H3. The Morgan fingerprint density at radius 2 is 1.88 bits per heavy atom. The SMILES string of the molecule is CC(Oc1ccc(Br)cc1)C(=O)N1CCCC1. The molecule has 3 nitrogen and oxygen atoms in total. The first kappa shape index (κ1) is 12.4. The number of amides is 1. The number of likely N-dealkylation sites (tertiary alicyclic amines) is 1. The van der Waals surface area contributed by atoms with Gasteiger partial charge in [0.1, 0.15) is 5.75 Å². The minimum absolute atomic E-state index is 0.0884. The van der Waals surface area contributed by atoms with Crippen LogP contribution in [-0.2, 0) is 4.79 Å². The van der Waals surface area contributed by atoms with Crippen LogP contribution in [0.15, 0.2) is 28.7 Å². The molecule has 1 aliphatic heterocycles. The Bertz CT molecular complexity index is 385. The summed E-state index contributed by atoms with van der Waals surface area (Å²) in [6.07, 6.45) is 1.81. The number of nitrogens with zero attached hydrogens (tertiary/aromatic N) is 1. The quantitative estimate of drug-likeness (QED) is 0.859. The molecule has 1 aromatic carbocycles. The van der Waals surface area contributed by atoms with E-state index < -0.39 is 6.10 Å². The predicted molar refractivity (Wildman–Crippen MR) is 70.0 cm³/mol. The van der Waals surface area contributed by atoms with E-state index in [0.29, 0.717) is 0 Å². The van der Waals surface area contributed by atoms with E-state index in [0.717, 1.165) is 36.2 Å². The van der Waals surface area contributed by atoms with Gasteiger partial charge >= 0.3 is 0 Å². The number of rotatable bonds is 3. The lowest BCUT2D eigenvalue weighted by atomic mass is 10.3. The Morgan fingerprint density at radius 1 is 1.29 bits per heavy atom. The molecule has 17 heavy (non-hydrogen) atoms. The van der Waals surface area contributed by atoms with Gasteiger partial charge in [0.25, 0.3) is 5.91 Å². The van der Waals surface area contributed by atoms with Gasteiger partial charge in [0, 0.05) is 17.6 Å². The molecular formula is C13H16BrNO2. The largest absolute Gasteiger partial charge is 0.481 e. The normalized spacial score (nSPS) is 16.9. The zero-order valence-corrected chi connectivity index (χ0v) is 11.4. The Balaban J connectivity index is 1.93.